The number of benzene rings is 2. The first-order valence-corrected chi connectivity index (χ1v) is 11.3. The summed E-state index contributed by atoms with van der Waals surface area (Å²) in [6.45, 7) is 5.05. The number of halogens is 3. The van der Waals surface area contributed by atoms with Crippen LogP contribution in [0.25, 0.3) is 0 Å². The molecule has 0 saturated carbocycles. The van der Waals surface area contributed by atoms with Crippen LogP contribution < -0.4 is 9.46 Å². The van der Waals surface area contributed by atoms with Crippen molar-refractivity contribution in [1.29, 1.82) is 0 Å². The van der Waals surface area contributed by atoms with E-state index in [1.54, 1.807) is 13.0 Å². The summed E-state index contributed by atoms with van der Waals surface area (Å²) in [7, 11) is -3.83. The van der Waals surface area contributed by atoms with Crippen LogP contribution >= 0.6 is 0 Å². The van der Waals surface area contributed by atoms with Crippen molar-refractivity contribution in [2.24, 2.45) is 0 Å². The van der Waals surface area contributed by atoms with Crippen molar-refractivity contribution in [3.63, 3.8) is 0 Å². The molecule has 0 aliphatic heterocycles. The maximum Gasteiger partial charge on any atom is 0.573 e. The molecule has 0 amide bonds. The van der Waals surface area contributed by atoms with E-state index < -0.39 is 22.4 Å². The Morgan fingerprint density at radius 1 is 1.12 bits per heavy atom. The summed E-state index contributed by atoms with van der Waals surface area (Å²) < 4.78 is 68.3. The first-order valence-electron chi connectivity index (χ1n) is 9.77. The van der Waals surface area contributed by atoms with Crippen molar-refractivity contribution in [2.75, 3.05) is 19.6 Å². The first kappa shape index (κ1) is 25.6. The van der Waals surface area contributed by atoms with Crippen LogP contribution in [0.3, 0.4) is 0 Å². The number of sulfonamides is 1. The van der Waals surface area contributed by atoms with Gasteiger partial charge >= 0.3 is 12.3 Å². The highest BCUT2D eigenvalue weighted by molar-refractivity contribution is 7.89. The molecule has 2 N–H and O–H groups in total. The summed E-state index contributed by atoms with van der Waals surface area (Å²) in [6.07, 6.45) is -5.03. The predicted octanol–water partition coefficient (Wildman–Crippen LogP) is 3.32. The van der Waals surface area contributed by atoms with Gasteiger partial charge in [-0.1, -0.05) is 25.1 Å². The zero-order valence-electron chi connectivity index (χ0n) is 17.6. The third kappa shape index (κ3) is 8.48. The molecule has 0 aliphatic carbocycles. The number of aliphatic carboxylic acids is 1. The van der Waals surface area contributed by atoms with Crippen LogP contribution in [-0.4, -0.2) is 50.4 Å². The Morgan fingerprint density at radius 3 is 2.34 bits per heavy atom. The standard InChI is InChI=1S/C21H25F3N2O5S/c1-3-26(14-16-4-6-18(7-5-16)31-21(22,23)24)9-8-25-32(29,30)19-11-15(2)10-17(12-19)13-20(27)28/h4-7,10-12,25H,3,8-9,13-14H2,1-2H3,(H,27,28). The summed E-state index contributed by atoms with van der Waals surface area (Å²) >= 11 is 0. The lowest BCUT2D eigenvalue weighted by Gasteiger charge is -2.21. The van der Waals surface area contributed by atoms with Gasteiger partial charge in [-0.3, -0.25) is 9.69 Å². The molecule has 0 radical (unpaired) electrons. The maximum atomic E-state index is 12.6. The topological polar surface area (TPSA) is 95.9 Å². The highest BCUT2D eigenvalue weighted by atomic mass is 32.2. The third-order valence-corrected chi connectivity index (χ3v) is 5.95. The number of carbonyl (C=O) groups is 1. The van der Waals surface area contributed by atoms with Crippen molar-refractivity contribution >= 4 is 16.0 Å². The second-order valence-corrected chi connectivity index (χ2v) is 8.95. The molecule has 0 unspecified atom stereocenters. The van der Waals surface area contributed by atoms with E-state index in [0.717, 1.165) is 5.56 Å². The number of rotatable bonds is 11. The van der Waals surface area contributed by atoms with Crippen LogP contribution in [0.1, 0.15) is 23.6 Å². The van der Waals surface area contributed by atoms with E-state index in [-0.39, 0.29) is 23.6 Å². The number of hydrogen-bond acceptors (Lipinski definition) is 5. The lowest BCUT2D eigenvalue weighted by molar-refractivity contribution is -0.274. The molecule has 11 heteroatoms. The van der Waals surface area contributed by atoms with Gasteiger partial charge in [-0.2, -0.15) is 0 Å². The predicted molar refractivity (Wildman–Crippen MR) is 112 cm³/mol. The number of carboxylic acid groups (broad SMARTS) is 1. The molecule has 0 atom stereocenters. The summed E-state index contributed by atoms with van der Waals surface area (Å²) in [5.41, 5.74) is 1.78. The van der Waals surface area contributed by atoms with E-state index in [9.17, 15) is 26.4 Å². The van der Waals surface area contributed by atoms with Gasteiger partial charge in [0.25, 0.3) is 0 Å². The van der Waals surface area contributed by atoms with E-state index in [0.29, 0.717) is 30.8 Å². The Bertz CT molecular complexity index is 1020. The summed E-state index contributed by atoms with van der Waals surface area (Å²) in [4.78, 5) is 12.8. The molecule has 0 bridgehead atoms. The van der Waals surface area contributed by atoms with Crippen LogP contribution in [0.15, 0.2) is 47.4 Å². The van der Waals surface area contributed by atoms with Gasteiger partial charge in [-0.05, 0) is 54.4 Å². The fraction of sp³-hybridized carbons (Fsp3) is 0.381. The third-order valence-electron chi connectivity index (χ3n) is 4.51. The van der Waals surface area contributed by atoms with Gasteiger partial charge < -0.3 is 9.84 Å². The molecule has 176 valence electrons. The molecule has 0 saturated heterocycles. The molecule has 0 fully saturated rings. The Balaban J connectivity index is 1.96. The minimum Gasteiger partial charge on any atom is -0.481 e. The van der Waals surface area contributed by atoms with E-state index in [1.165, 1.54) is 36.4 Å². The van der Waals surface area contributed by atoms with E-state index in [2.05, 4.69) is 9.46 Å². The molecule has 2 aromatic rings. The quantitative estimate of drug-likeness (QED) is 0.519. The van der Waals surface area contributed by atoms with Crippen molar-refractivity contribution in [1.82, 2.24) is 9.62 Å². The molecular weight excluding hydrogens is 449 g/mol. The first-order chi connectivity index (χ1) is 14.9. The fourth-order valence-electron chi connectivity index (χ4n) is 3.08. The number of likely N-dealkylation sites (N-methyl/N-ethyl adjacent to an activating group) is 1. The van der Waals surface area contributed by atoms with Crippen molar-refractivity contribution < 1.29 is 36.2 Å². The largest absolute Gasteiger partial charge is 0.573 e. The Labute approximate surface area is 184 Å². The summed E-state index contributed by atoms with van der Waals surface area (Å²) in [5, 5.41) is 8.94. The van der Waals surface area contributed by atoms with Gasteiger partial charge in [0.1, 0.15) is 5.75 Å². The normalized spacial score (nSPS) is 12.2. The van der Waals surface area contributed by atoms with Gasteiger partial charge in [-0.15, -0.1) is 13.2 Å². The molecule has 0 aliphatic rings. The molecule has 2 rings (SSSR count). The number of alkyl halides is 3. The highest BCUT2D eigenvalue weighted by Gasteiger charge is 2.31. The Kier molecular flexibility index (Phi) is 8.65. The van der Waals surface area contributed by atoms with E-state index in [1.807, 2.05) is 11.8 Å². The van der Waals surface area contributed by atoms with Crippen LogP contribution in [0.4, 0.5) is 13.2 Å². The van der Waals surface area contributed by atoms with Crippen LogP contribution in [0, 0.1) is 6.92 Å². The molecule has 7 nitrogen and oxygen atoms in total. The number of nitrogens with zero attached hydrogens (tertiary/aromatic N) is 1. The zero-order chi connectivity index (χ0) is 23.9. The Morgan fingerprint density at radius 2 is 1.78 bits per heavy atom. The van der Waals surface area contributed by atoms with Crippen LogP contribution in [-0.2, 0) is 27.8 Å². The van der Waals surface area contributed by atoms with Gasteiger partial charge in [-0.25, -0.2) is 13.1 Å². The second-order valence-electron chi connectivity index (χ2n) is 7.18. The van der Waals surface area contributed by atoms with Crippen molar-refractivity contribution in [3.05, 3.63) is 59.2 Å². The molecule has 0 spiro atoms. The van der Waals surface area contributed by atoms with E-state index in [4.69, 9.17) is 5.11 Å². The lowest BCUT2D eigenvalue weighted by atomic mass is 10.1. The number of hydrogen-bond donors (Lipinski definition) is 2. The molecule has 32 heavy (non-hydrogen) atoms. The van der Waals surface area contributed by atoms with Gasteiger partial charge in [0.05, 0.1) is 11.3 Å². The van der Waals surface area contributed by atoms with Crippen molar-refractivity contribution in [3.8, 4) is 5.75 Å². The monoisotopic (exact) mass is 474 g/mol. The highest BCUT2D eigenvalue weighted by Crippen LogP contribution is 2.23. The SMILES string of the molecule is CCN(CCNS(=O)(=O)c1cc(C)cc(CC(=O)O)c1)Cc1ccc(OC(F)(F)F)cc1. The Hall–Kier alpha value is -2.63. The number of nitrogens with one attached hydrogen (secondary N) is 1. The number of ether oxygens (including phenoxy) is 1. The zero-order valence-corrected chi connectivity index (χ0v) is 18.5. The molecule has 0 heterocycles. The smallest absolute Gasteiger partial charge is 0.481 e. The van der Waals surface area contributed by atoms with Crippen LogP contribution in [0.5, 0.6) is 5.75 Å². The van der Waals surface area contributed by atoms with Gasteiger partial charge in [0.2, 0.25) is 10.0 Å². The van der Waals surface area contributed by atoms with Gasteiger partial charge in [0.15, 0.2) is 0 Å². The number of aryl methyl sites for hydroxylation is 1. The molecular formula is C21H25F3N2O5S. The lowest BCUT2D eigenvalue weighted by Crippen LogP contribution is -2.34. The minimum absolute atomic E-state index is 0.00273. The van der Waals surface area contributed by atoms with Gasteiger partial charge in [0, 0.05) is 19.6 Å². The number of carboxylic acids is 1. The average molecular weight is 475 g/mol. The van der Waals surface area contributed by atoms with Crippen molar-refractivity contribution in [2.45, 2.75) is 38.1 Å². The molecule has 0 aromatic heterocycles. The summed E-state index contributed by atoms with van der Waals surface area (Å²) in [5.74, 6) is -1.36. The second kappa shape index (κ2) is 10.8. The average Bonchev–Trinajstić information content (AvgIpc) is 2.66. The van der Waals surface area contributed by atoms with Crippen LogP contribution in [0.2, 0.25) is 0 Å². The minimum atomic E-state index is -4.75. The van der Waals surface area contributed by atoms with E-state index >= 15 is 0 Å². The maximum absolute atomic E-state index is 12.6. The fourth-order valence-corrected chi connectivity index (χ4v) is 4.26. The summed E-state index contributed by atoms with van der Waals surface area (Å²) in [6, 6.07) is 9.92. The molecule has 2 aromatic carbocycles.